The fraction of sp³-hybridized carbons (Fsp3) is 0.484. The number of amides is 10. The maximum Gasteiger partial charge on any atom is 0.586 e. The van der Waals surface area contributed by atoms with Crippen LogP contribution in [0.2, 0.25) is 0 Å². The number of aliphatic hydroxyl groups excluding tert-OH is 4. The van der Waals surface area contributed by atoms with Crippen LogP contribution in [0.3, 0.4) is 0 Å². The van der Waals surface area contributed by atoms with Crippen molar-refractivity contribution in [3.05, 3.63) is 98.4 Å². The van der Waals surface area contributed by atoms with Crippen molar-refractivity contribution in [2.24, 2.45) is 0 Å². The summed E-state index contributed by atoms with van der Waals surface area (Å²) in [6, 6.07) is 7.60. The zero-order valence-corrected chi connectivity index (χ0v) is 53.2. The van der Waals surface area contributed by atoms with Crippen LogP contribution in [0.5, 0.6) is 11.5 Å². The molecule has 99 heavy (non-hydrogen) atoms. The van der Waals surface area contributed by atoms with Crippen LogP contribution in [0.4, 0.5) is 8.78 Å². The van der Waals surface area contributed by atoms with Crippen molar-refractivity contribution < 1.29 is 111 Å². The summed E-state index contributed by atoms with van der Waals surface area (Å²) < 4.78 is 56.4. The largest absolute Gasteiger partial charge is 0.586 e. The molecule has 4 aromatic rings. The first-order valence-electron chi connectivity index (χ1n) is 31.9. The Bertz CT molecular complexity index is 3950. The highest BCUT2D eigenvalue weighted by atomic mass is 19.3. The lowest BCUT2D eigenvalue weighted by Gasteiger charge is -2.40. The van der Waals surface area contributed by atoms with Gasteiger partial charge in [0.15, 0.2) is 17.1 Å². The first-order valence-corrected chi connectivity index (χ1v) is 31.9. The van der Waals surface area contributed by atoms with Gasteiger partial charge in [-0.05, 0) is 55.7 Å². The molecule has 0 radical (unpaired) electrons. The first kappa shape index (κ1) is 71.9. The van der Waals surface area contributed by atoms with Crippen molar-refractivity contribution in [2.45, 2.75) is 145 Å². The number of benzene rings is 2. The molecule has 1 unspecified atom stereocenters. The van der Waals surface area contributed by atoms with Crippen molar-refractivity contribution in [3.8, 4) is 22.9 Å². The standard InChI is InChI=1S/C64H73F2N11O22/c1-2-63(94)35-20-40-54-33(26-77(40)61(92)34(35)28-96-62(63)93)53-36(13-12-32-52(53)38(75-54)21-41-58(32)99-64(65,66)98-41)72-49(84)29-95-30-71-47(82)24-70-60(91)39(19-31-9-5-3-6-10-31)74-48(83)25-68-46(81)23-69-59(90)37(73-45(80)11-7-4-8-18-76-50(85)16-17-51(76)86)14-15-44(79)67-22-42-55(87)57(89)56(88)43(27-78)97-42/h3,5-6,9-10,16-17,20-21,36-37,39,42-43,55-57,78,87-89,94H,2,4,7-8,11-15,18-19,22-30H2,1H3,(H,67,79)(H,68,81)(H,69,90)(H,70,91)(H,71,82)(H,72,84)(H,73,80)(H,74,83)/t36-,37?,39-,42-,43+,55-,56+,57+,63-/m0/s1. The Hall–Kier alpha value is -9.91. The SMILES string of the molecule is CC[C@@]1(O)C(=O)OCc2c1cc1n(c2=O)Cc2c-1nc1cc3c(c4c1c2[C@@H](NC(=O)COCNC(=O)CNC(=O)[C@H](Cc1ccccc1)NC(=O)CNC(=O)CNC(=O)C(CCC(=O)NC[C@@H]1O[C@H](CO)[C@@H](O)[C@H](O)[C@H]1O)NC(=O)CCCCCN1C(=O)C=CC1=O)CC4)OC(F)(F)O3. The number of aromatic nitrogens is 2. The quantitative estimate of drug-likeness (QED) is 0.00913. The Morgan fingerprint density at radius 1 is 0.747 bits per heavy atom. The predicted octanol–water partition coefficient (Wildman–Crippen LogP) is -3.62. The van der Waals surface area contributed by atoms with E-state index in [0.29, 0.717) is 40.5 Å². The lowest BCUT2D eigenvalue weighted by molar-refractivity contribution is -0.287. The highest BCUT2D eigenvalue weighted by Crippen LogP contribution is 2.53. The van der Waals surface area contributed by atoms with Gasteiger partial charge in [-0.1, -0.05) is 43.7 Å². The van der Waals surface area contributed by atoms with Gasteiger partial charge in [0.25, 0.3) is 17.4 Å². The molecule has 2 aromatic carbocycles. The minimum Gasteiger partial charge on any atom is -0.458 e. The number of aryl methyl sites for hydroxylation is 1. The van der Waals surface area contributed by atoms with Gasteiger partial charge in [-0.25, -0.2) is 9.78 Å². The molecular weight excluding hydrogens is 1310 g/mol. The van der Waals surface area contributed by atoms with Crippen LogP contribution in [0.25, 0.3) is 22.3 Å². The summed E-state index contributed by atoms with van der Waals surface area (Å²) in [5.74, 6) is -8.65. The molecule has 0 spiro atoms. The lowest BCUT2D eigenvalue weighted by atomic mass is 9.82. The Labute approximate surface area is 560 Å². The maximum absolute atomic E-state index is 14.6. The number of halogens is 2. The summed E-state index contributed by atoms with van der Waals surface area (Å²) in [6.07, 6.45) is -8.93. The number of fused-ring (bicyclic) bond motifs is 7. The third kappa shape index (κ3) is 16.3. The molecule has 0 bridgehead atoms. The molecule has 0 saturated carbocycles. The summed E-state index contributed by atoms with van der Waals surface area (Å²) in [5.41, 5.74) is -0.201. The van der Waals surface area contributed by atoms with E-state index in [-0.39, 0.29) is 104 Å². The van der Waals surface area contributed by atoms with E-state index in [4.69, 9.17) is 28.7 Å². The average Bonchev–Trinajstić information content (AvgIpc) is 1.59. The highest BCUT2D eigenvalue weighted by molar-refractivity contribution is 6.13. The number of aliphatic hydroxyl groups is 5. The van der Waals surface area contributed by atoms with Crippen LogP contribution < -0.4 is 57.6 Å². The third-order valence-corrected chi connectivity index (χ3v) is 17.7. The van der Waals surface area contributed by atoms with Crippen molar-refractivity contribution >= 4 is 75.9 Å². The molecule has 33 nitrogen and oxygen atoms in total. The zero-order chi connectivity index (χ0) is 71.0. The van der Waals surface area contributed by atoms with Gasteiger partial charge >= 0.3 is 12.3 Å². The van der Waals surface area contributed by atoms with Crippen LogP contribution in [-0.2, 0) is 98.5 Å². The van der Waals surface area contributed by atoms with E-state index in [1.807, 2.05) is 0 Å². The number of carbonyl (C=O) groups is 11. The van der Waals surface area contributed by atoms with Gasteiger partial charge in [0.1, 0.15) is 62.5 Å². The molecule has 1 aliphatic carbocycles. The van der Waals surface area contributed by atoms with E-state index in [1.54, 1.807) is 37.3 Å². The van der Waals surface area contributed by atoms with Crippen molar-refractivity contribution in [2.75, 3.05) is 52.7 Å². The number of hydrogen-bond donors (Lipinski definition) is 13. The van der Waals surface area contributed by atoms with Crippen molar-refractivity contribution in [1.82, 2.24) is 57.0 Å². The molecule has 13 N–H and O–H groups in total. The summed E-state index contributed by atoms with van der Waals surface area (Å²) in [4.78, 5) is 163. The molecule has 7 heterocycles. The fourth-order valence-electron chi connectivity index (χ4n) is 12.5. The number of pyridine rings is 2. The smallest absolute Gasteiger partial charge is 0.458 e. The zero-order valence-electron chi connectivity index (χ0n) is 53.2. The first-order chi connectivity index (χ1) is 47.3. The van der Waals surface area contributed by atoms with Gasteiger partial charge in [0.05, 0.1) is 61.3 Å². The molecule has 530 valence electrons. The molecule has 6 aliphatic rings. The summed E-state index contributed by atoms with van der Waals surface area (Å²) in [5, 5.41) is 71.8. The van der Waals surface area contributed by atoms with Crippen molar-refractivity contribution in [3.63, 3.8) is 0 Å². The van der Waals surface area contributed by atoms with Crippen LogP contribution in [0.1, 0.15) is 97.7 Å². The Kier molecular flexibility index (Phi) is 22.4. The molecule has 10 amide bonds. The Balaban J connectivity index is 0.697. The maximum atomic E-state index is 14.6. The normalized spacial score (nSPS) is 21.9. The van der Waals surface area contributed by atoms with E-state index in [9.17, 15) is 91.8 Å². The van der Waals surface area contributed by atoms with E-state index in [1.165, 1.54) is 16.7 Å². The Morgan fingerprint density at radius 2 is 1.43 bits per heavy atom. The van der Waals surface area contributed by atoms with Crippen molar-refractivity contribution in [1.29, 1.82) is 0 Å². The van der Waals surface area contributed by atoms with Crippen LogP contribution in [0.15, 0.2) is 59.4 Å². The van der Waals surface area contributed by atoms with Gasteiger partial charge in [-0.2, -0.15) is 0 Å². The number of carbonyl (C=O) groups excluding carboxylic acids is 11. The van der Waals surface area contributed by atoms with Gasteiger partial charge in [-0.15, -0.1) is 8.78 Å². The van der Waals surface area contributed by atoms with Crippen LogP contribution >= 0.6 is 0 Å². The Morgan fingerprint density at radius 3 is 2.15 bits per heavy atom. The number of rotatable bonds is 30. The summed E-state index contributed by atoms with van der Waals surface area (Å²) in [7, 11) is 0. The lowest BCUT2D eigenvalue weighted by Crippen LogP contribution is -2.60. The summed E-state index contributed by atoms with van der Waals surface area (Å²) in [6.45, 7) is -3.18. The van der Waals surface area contributed by atoms with E-state index in [0.717, 1.165) is 17.1 Å². The number of nitrogens with one attached hydrogen (secondary N) is 8. The average molecular weight is 1390 g/mol. The fourth-order valence-corrected chi connectivity index (χ4v) is 12.5. The number of alkyl halides is 2. The van der Waals surface area contributed by atoms with Crippen LogP contribution in [-0.4, -0.2) is 207 Å². The second-order valence-electron chi connectivity index (χ2n) is 24.3. The number of hydrogen-bond acceptors (Lipinski definition) is 23. The monoisotopic (exact) mass is 1390 g/mol. The number of esters is 1. The van der Waals surface area contributed by atoms with Gasteiger partial charge in [0.2, 0.25) is 47.3 Å². The van der Waals surface area contributed by atoms with E-state index >= 15 is 0 Å². The number of cyclic esters (lactones) is 1. The second kappa shape index (κ2) is 30.9. The summed E-state index contributed by atoms with van der Waals surface area (Å²) >= 11 is 0. The minimum absolute atomic E-state index is 0.0416. The molecule has 10 rings (SSSR count). The van der Waals surface area contributed by atoms with Gasteiger partial charge in [-0.3, -0.25) is 57.6 Å². The minimum atomic E-state index is -3.99. The molecule has 5 aliphatic heterocycles. The van der Waals surface area contributed by atoms with Gasteiger partial charge in [0, 0.05) is 72.6 Å². The molecule has 35 heteroatoms. The predicted molar refractivity (Wildman–Crippen MR) is 332 cm³/mol. The third-order valence-electron chi connectivity index (χ3n) is 17.7. The van der Waals surface area contributed by atoms with Crippen LogP contribution in [0, 0.1) is 0 Å². The molecule has 1 fully saturated rings. The molecule has 1 saturated heterocycles. The number of ether oxygens (including phenoxy) is 5. The van der Waals surface area contributed by atoms with Gasteiger partial charge < -0.3 is 96.3 Å². The molecule has 2 aromatic heterocycles. The van der Waals surface area contributed by atoms with E-state index in [2.05, 4.69) is 42.5 Å². The second-order valence-corrected chi connectivity index (χ2v) is 24.3. The molecular formula is C64H73F2N11O22. The number of unbranched alkanes of at least 4 members (excludes halogenated alkanes) is 2. The van der Waals surface area contributed by atoms with E-state index < -0.39 is 184 Å². The topological polar surface area (TPSA) is 469 Å². The number of imide groups is 1. The highest BCUT2D eigenvalue weighted by Gasteiger charge is 2.49. The molecule has 9 atom stereocenters. The number of nitrogens with zero attached hydrogens (tertiary/aromatic N) is 3.